The van der Waals surface area contributed by atoms with Crippen LogP contribution in [0.2, 0.25) is 0 Å². The van der Waals surface area contributed by atoms with E-state index in [0.29, 0.717) is 36.4 Å². The van der Waals surface area contributed by atoms with Gasteiger partial charge in [-0.05, 0) is 54.1 Å². The highest BCUT2D eigenvalue weighted by atomic mass is 19.1. The van der Waals surface area contributed by atoms with Crippen molar-refractivity contribution < 1.29 is 23.8 Å². The molecule has 0 saturated carbocycles. The van der Waals surface area contributed by atoms with Crippen LogP contribution < -0.4 is 11.1 Å². The average molecular weight is 559 g/mol. The number of carbonyl (C=O) groups is 1. The van der Waals surface area contributed by atoms with Gasteiger partial charge in [-0.15, -0.1) is 0 Å². The summed E-state index contributed by atoms with van der Waals surface area (Å²) in [6, 6.07) is 17.3. The average Bonchev–Trinajstić information content (AvgIpc) is 3.53. The number of aromatic nitrogens is 1. The quantitative estimate of drug-likeness (QED) is 0.173. The molecule has 1 aliphatic heterocycles. The third-order valence-corrected chi connectivity index (χ3v) is 7.65. The number of fused-ring (bicyclic) bond motifs is 1. The third kappa shape index (κ3) is 5.48. The highest BCUT2D eigenvalue weighted by Crippen LogP contribution is 2.44. The van der Waals surface area contributed by atoms with Gasteiger partial charge >= 0.3 is 0 Å². The maximum absolute atomic E-state index is 14.0. The fourth-order valence-electron chi connectivity index (χ4n) is 5.58. The largest absolute Gasteiger partial charge is 0.398 e. The van der Waals surface area contributed by atoms with Crippen LogP contribution in [0.4, 0.5) is 10.1 Å². The van der Waals surface area contributed by atoms with Gasteiger partial charge in [-0.1, -0.05) is 26.0 Å². The Balaban J connectivity index is 1.67. The Kier molecular flexibility index (Phi) is 7.70. The van der Waals surface area contributed by atoms with Crippen LogP contribution in [0.5, 0.6) is 0 Å². The number of hydrogen-bond donors (Lipinski definition) is 4. The predicted molar refractivity (Wildman–Crippen MR) is 159 cm³/mol. The summed E-state index contributed by atoms with van der Waals surface area (Å²) < 4.78 is 26.9. The van der Waals surface area contributed by atoms with Crippen molar-refractivity contribution in [3.63, 3.8) is 0 Å². The number of ether oxygens (including phenoxy) is 2. The van der Waals surface area contributed by atoms with Gasteiger partial charge in [0.15, 0.2) is 0 Å². The summed E-state index contributed by atoms with van der Waals surface area (Å²) in [5, 5.41) is 22.1. The van der Waals surface area contributed by atoms with E-state index in [9.17, 15) is 14.3 Å². The van der Waals surface area contributed by atoms with Crippen molar-refractivity contribution in [1.29, 1.82) is 5.41 Å². The summed E-state index contributed by atoms with van der Waals surface area (Å²) in [6.07, 6.45) is 1.70. The Morgan fingerprint density at radius 1 is 1.22 bits per heavy atom. The zero-order chi connectivity index (χ0) is 29.4. The van der Waals surface area contributed by atoms with Crippen LogP contribution in [0, 0.1) is 11.2 Å². The number of benzene rings is 3. The van der Waals surface area contributed by atoms with E-state index in [1.165, 1.54) is 18.3 Å². The molecule has 214 valence electrons. The Bertz CT molecular complexity index is 1590. The number of nitrogens with one attached hydrogen (secondary N) is 2. The standard InChI is InChI=1S/C32H35FN4O4/c1-31(2,18-40-3)29-28(20-4-6-21(7-5-20)30(38)36-17-32(39)12-13-41-19-32)25-15-26(35)22(16-34)14-27(25)37(29)24-10-8-23(33)9-11-24/h4-11,14-16,34,39H,12-13,17-19,35H2,1-3H3,(H,36,38). The van der Waals surface area contributed by atoms with Crippen LogP contribution in [-0.2, 0) is 14.9 Å². The molecular formula is C32H35FN4O4. The van der Waals surface area contributed by atoms with Crippen LogP contribution in [0.25, 0.3) is 27.7 Å². The third-order valence-electron chi connectivity index (χ3n) is 7.65. The number of rotatable bonds is 9. The van der Waals surface area contributed by atoms with E-state index in [1.54, 1.807) is 31.4 Å². The molecule has 5 N–H and O–H groups in total. The van der Waals surface area contributed by atoms with Crippen molar-refractivity contribution in [2.24, 2.45) is 0 Å². The first-order valence-corrected chi connectivity index (χ1v) is 13.5. The normalized spacial score (nSPS) is 17.2. The van der Waals surface area contributed by atoms with E-state index in [4.69, 9.17) is 20.6 Å². The van der Waals surface area contributed by atoms with Crippen molar-refractivity contribution in [1.82, 2.24) is 9.88 Å². The van der Waals surface area contributed by atoms with Crippen LogP contribution >= 0.6 is 0 Å². The van der Waals surface area contributed by atoms with Crippen molar-refractivity contribution in [3.8, 4) is 16.8 Å². The number of nitrogen functional groups attached to an aromatic ring is 1. The molecule has 1 aliphatic rings. The minimum atomic E-state index is -1.05. The molecule has 0 bridgehead atoms. The van der Waals surface area contributed by atoms with E-state index < -0.39 is 11.0 Å². The molecule has 0 spiro atoms. The maximum atomic E-state index is 14.0. The van der Waals surface area contributed by atoms with Crippen LogP contribution in [0.3, 0.4) is 0 Å². The second-order valence-electron chi connectivity index (χ2n) is 11.3. The number of anilines is 1. The molecule has 2 heterocycles. The van der Waals surface area contributed by atoms with Gasteiger partial charge in [-0.25, -0.2) is 4.39 Å². The molecule has 0 radical (unpaired) electrons. The molecule has 1 amide bonds. The van der Waals surface area contributed by atoms with Gasteiger partial charge < -0.3 is 35.6 Å². The zero-order valence-corrected chi connectivity index (χ0v) is 23.5. The van der Waals surface area contributed by atoms with Gasteiger partial charge in [0.1, 0.15) is 11.4 Å². The van der Waals surface area contributed by atoms with Gasteiger partial charge in [-0.3, -0.25) is 4.79 Å². The number of aliphatic hydroxyl groups is 1. The van der Waals surface area contributed by atoms with E-state index >= 15 is 0 Å². The molecule has 1 aromatic heterocycles. The van der Waals surface area contributed by atoms with E-state index in [0.717, 1.165) is 33.4 Å². The lowest BCUT2D eigenvalue weighted by Crippen LogP contribution is -2.43. The zero-order valence-electron chi connectivity index (χ0n) is 23.5. The lowest BCUT2D eigenvalue weighted by Gasteiger charge is -2.28. The predicted octanol–water partition coefficient (Wildman–Crippen LogP) is 4.82. The summed E-state index contributed by atoms with van der Waals surface area (Å²) in [5.74, 6) is -0.626. The minimum Gasteiger partial charge on any atom is -0.398 e. The van der Waals surface area contributed by atoms with E-state index in [1.807, 2.05) is 24.3 Å². The number of amides is 1. The van der Waals surface area contributed by atoms with Crippen LogP contribution in [0.15, 0.2) is 60.7 Å². The smallest absolute Gasteiger partial charge is 0.251 e. The second-order valence-corrected chi connectivity index (χ2v) is 11.3. The van der Waals surface area contributed by atoms with Gasteiger partial charge in [0.25, 0.3) is 5.91 Å². The molecule has 1 unspecified atom stereocenters. The van der Waals surface area contributed by atoms with Gasteiger partial charge in [0.05, 0.1) is 18.7 Å². The number of halogens is 1. The molecule has 9 heteroatoms. The topological polar surface area (TPSA) is 123 Å². The Labute approximate surface area is 238 Å². The molecule has 3 aromatic carbocycles. The highest BCUT2D eigenvalue weighted by Gasteiger charge is 2.34. The molecular weight excluding hydrogens is 523 g/mol. The van der Waals surface area contributed by atoms with Crippen LogP contribution in [-0.4, -0.2) is 60.9 Å². The van der Waals surface area contributed by atoms with Crippen molar-refractivity contribution >= 4 is 28.7 Å². The second kappa shape index (κ2) is 11.1. The number of methoxy groups -OCH3 is 1. The Morgan fingerprint density at radius 3 is 2.54 bits per heavy atom. The van der Waals surface area contributed by atoms with Crippen molar-refractivity contribution in [2.45, 2.75) is 31.3 Å². The molecule has 0 aliphatic carbocycles. The first kappa shape index (κ1) is 28.5. The maximum Gasteiger partial charge on any atom is 0.251 e. The number of hydrogen-bond acceptors (Lipinski definition) is 6. The van der Waals surface area contributed by atoms with Gasteiger partial charge in [-0.2, -0.15) is 0 Å². The van der Waals surface area contributed by atoms with E-state index in [2.05, 4.69) is 23.7 Å². The lowest BCUT2D eigenvalue weighted by atomic mass is 9.84. The fourth-order valence-corrected chi connectivity index (χ4v) is 5.58. The lowest BCUT2D eigenvalue weighted by molar-refractivity contribution is 0.0264. The summed E-state index contributed by atoms with van der Waals surface area (Å²) in [5.41, 5.74) is 10.6. The monoisotopic (exact) mass is 558 g/mol. The summed E-state index contributed by atoms with van der Waals surface area (Å²) in [4.78, 5) is 12.9. The summed E-state index contributed by atoms with van der Waals surface area (Å²) in [6.45, 7) is 5.34. The summed E-state index contributed by atoms with van der Waals surface area (Å²) >= 11 is 0. The minimum absolute atomic E-state index is 0.114. The fraction of sp³-hybridized carbons (Fsp3) is 0.312. The first-order valence-electron chi connectivity index (χ1n) is 13.5. The molecule has 1 saturated heterocycles. The Hall–Kier alpha value is -4.05. The number of nitrogens with two attached hydrogens (primary N) is 1. The Morgan fingerprint density at radius 2 is 1.93 bits per heavy atom. The summed E-state index contributed by atoms with van der Waals surface area (Å²) in [7, 11) is 1.65. The molecule has 8 nitrogen and oxygen atoms in total. The highest BCUT2D eigenvalue weighted by molar-refractivity contribution is 6.05. The molecule has 41 heavy (non-hydrogen) atoms. The van der Waals surface area contributed by atoms with Crippen molar-refractivity contribution in [2.75, 3.05) is 39.2 Å². The van der Waals surface area contributed by atoms with Gasteiger partial charge in [0, 0.05) is 77.5 Å². The molecule has 4 aromatic rings. The van der Waals surface area contributed by atoms with Crippen molar-refractivity contribution in [3.05, 3.63) is 83.3 Å². The first-order chi connectivity index (χ1) is 19.6. The van der Waals surface area contributed by atoms with Gasteiger partial charge in [0.2, 0.25) is 0 Å². The van der Waals surface area contributed by atoms with E-state index in [-0.39, 0.29) is 24.9 Å². The molecule has 1 atom stereocenters. The SMILES string of the molecule is COCC(C)(C)c1c(-c2ccc(C(=O)NCC3(O)CCOC3)cc2)c2cc(N)c(C=N)cc2n1-c1ccc(F)cc1. The molecule has 1 fully saturated rings. The van der Waals surface area contributed by atoms with Crippen LogP contribution in [0.1, 0.15) is 41.9 Å². The number of carbonyl (C=O) groups excluding carboxylic acids is 1. The number of nitrogens with zero attached hydrogens (tertiary/aromatic N) is 1. The molecule has 5 rings (SSSR count).